The highest BCUT2D eigenvalue weighted by Gasteiger charge is 2.08. The van der Waals surface area contributed by atoms with Crippen LogP contribution in [0.4, 0.5) is 0 Å². The number of carbonyl (C=O) groups is 1. The number of carbonyl (C=O) groups excluding carboxylic acids is 1. The Morgan fingerprint density at radius 2 is 2.06 bits per heavy atom. The fraction of sp³-hybridized carbons (Fsp3) is 0.462. The molecule has 1 aromatic carbocycles. The minimum Gasteiger partial charge on any atom is -0.342 e. The molecule has 3 heteroatoms. The summed E-state index contributed by atoms with van der Waals surface area (Å²) < 4.78 is 0. The summed E-state index contributed by atoms with van der Waals surface area (Å²) in [7, 11) is 1.80. The molecule has 0 aromatic heterocycles. The van der Waals surface area contributed by atoms with Crippen LogP contribution in [0.25, 0.3) is 0 Å². The fourth-order valence-electron chi connectivity index (χ4n) is 1.52. The van der Waals surface area contributed by atoms with Crippen LogP contribution >= 0.6 is 11.6 Å². The van der Waals surface area contributed by atoms with Gasteiger partial charge in [0.2, 0.25) is 5.91 Å². The molecule has 1 rings (SSSR count). The number of nitrogens with zero attached hydrogens (tertiary/aromatic N) is 1. The van der Waals surface area contributed by atoms with Crippen LogP contribution in [-0.4, -0.2) is 17.9 Å². The third-order valence-corrected chi connectivity index (χ3v) is 2.98. The van der Waals surface area contributed by atoms with E-state index < -0.39 is 0 Å². The van der Waals surface area contributed by atoms with E-state index in [1.54, 1.807) is 18.9 Å². The lowest BCUT2D eigenvalue weighted by Gasteiger charge is -2.16. The van der Waals surface area contributed by atoms with Gasteiger partial charge in [0.25, 0.3) is 0 Å². The van der Waals surface area contributed by atoms with E-state index in [2.05, 4.69) is 19.9 Å². The monoisotopic (exact) mass is 239 g/mol. The van der Waals surface area contributed by atoms with Crippen LogP contribution in [0.2, 0.25) is 5.02 Å². The van der Waals surface area contributed by atoms with Crippen molar-refractivity contribution in [3.05, 3.63) is 34.3 Å². The molecule has 0 radical (unpaired) electrons. The van der Waals surface area contributed by atoms with Crippen molar-refractivity contribution in [3.8, 4) is 0 Å². The standard InChI is InChI=1S/C13H18ClNO/c1-9(2)12-7-11(5-6-13(12)14)8-15(4)10(3)16/h5-7,9H,8H2,1-4H3. The van der Waals surface area contributed by atoms with Crippen LogP contribution in [0.5, 0.6) is 0 Å². The summed E-state index contributed by atoms with van der Waals surface area (Å²) in [6, 6.07) is 5.94. The summed E-state index contributed by atoms with van der Waals surface area (Å²) in [5.74, 6) is 0.469. The van der Waals surface area contributed by atoms with E-state index in [0.29, 0.717) is 12.5 Å². The number of rotatable bonds is 3. The normalized spacial score (nSPS) is 10.6. The van der Waals surface area contributed by atoms with Crippen molar-refractivity contribution in [1.29, 1.82) is 0 Å². The molecule has 2 nitrogen and oxygen atoms in total. The van der Waals surface area contributed by atoms with E-state index in [9.17, 15) is 4.79 Å². The summed E-state index contributed by atoms with van der Waals surface area (Å²) in [6.07, 6.45) is 0. The van der Waals surface area contributed by atoms with Crippen LogP contribution in [0.1, 0.15) is 37.8 Å². The zero-order chi connectivity index (χ0) is 12.3. The predicted octanol–water partition coefficient (Wildman–Crippen LogP) is 3.44. The number of benzene rings is 1. The van der Waals surface area contributed by atoms with Gasteiger partial charge in [-0.05, 0) is 23.1 Å². The second-order valence-electron chi connectivity index (χ2n) is 4.39. The Hall–Kier alpha value is -1.02. The van der Waals surface area contributed by atoms with E-state index >= 15 is 0 Å². The average Bonchev–Trinajstić information content (AvgIpc) is 2.20. The maximum atomic E-state index is 11.1. The molecule has 0 unspecified atom stereocenters. The van der Waals surface area contributed by atoms with Gasteiger partial charge in [-0.15, -0.1) is 0 Å². The summed E-state index contributed by atoms with van der Waals surface area (Å²) in [4.78, 5) is 12.8. The van der Waals surface area contributed by atoms with Gasteiger partial charge in [-0.1, -0.05) is 37.6 Å². The molecule has 0 aliphatic rings. The Bertz CT molecular complexity index is 388. The van der Waals surface area contributed by atoms with Gasteiger partial charge < -0.3 is 4.90 Å². The van der Waals surface area contributed by atoms with Crippen molar-refractivity contribution in [2.24, 2.45) is 0 Å². The first kappa shape index (κ1) is 13.0. The third kappa shape index (κ3) is 3.24. The van der Waals surface area contributed by atoms with Crippen LogP contribution in [-0.2, 0) is 11.3 Å². The molecule has 0 aliphatic heterocycles. The molecule has 1 amide bonds. The Morgan fingerprint density at radius 1 is 1.44 bits per heavy atom. The van der Waals surface area contributed by atoms with E-state index in [0.717, 1.165) is 16.1 Å². The van der Waals surface area contributed by atoms with Crippen LogP contribution in [0.3, 0.4) is 0 Å². The molecular weight excluding hydrogens is 222 g/mol. The lowest BCUT2D eigenvalue weighted by Crippen LogP contribution is -2.23. The predicted molar refractivity (Wildman–Crippen MR) is 67.7 cm³/mol. The van der Waals surface area contributed by atoms with Gasteiger partial charge >= 0.3 is 0 Å². The molecule has 1 aromatic rings. The van der Waals surface area contributed by atoms with Gasteiger partial charge in [-0.2, -0.15) is 0 Å². The largest absolute Gasteiger partial charge is 0.342 e. The molecule has 0 heterocycles. The Kier molecular flexibility index (Phi) is 4.36. The molecule has 0 saturated heterocycles. The van der Waals surface area contributed by atoms with Crippen molar-refractivity contribution < 1.29 is 4.79 Å². The SMILES string of the molecule is CC(=O)N(C)Cc1ccc(Cl)c(C(C)C)c1. The van der Waals surface area contributed by atoms with Crippen molar-refractivity contribution in [1.82, 2.24) is 4.90 Å². The fourth-order valence-corrected chi connectivity index (χ4v) is 1.85. The average molecular weight is 240 g/mol. The van der Waals surface area contributed by atoms with Gasteiger partial charge in [0.05, 0.1) is 0 Å². The topological polar surface area (TPSA) is 20.3 Å². The first-order valence-corrected chi connectivity index (χ1v) is 5.79. The number of halogens is 1. The molecule has 0 atom stereocenters. The molecule has 0 bridgehead atoms. The third-order valence-electron chi connectivity index (χ3n) is 2.64. The van der Waals surface area contributed by atoms with E-state index in [4.69, 9.17) is 11.6 Å². The summed E-state index contributed by atoms with van der Waals surface area (Å²) in [5, 5.41) is 0.796. The van der Waals surface area contributed by atoms with Crippen LogP contribution in [0.15, 0.2) is 18.2 Å². The second kappa shape index (κ2) is 5.35. The molecule has 0 N–H and O–H groups in total. The zero-order valence-corrected chi connectivity index (χ0v) is 11.0. The van der Waals surface area contributed by atoms with Crippen molar-refractivity contribution in [3.63, 3.8) is 0 Å². The van der Waals surface area contributed by atoms with Crippen molar-refractivity contribution >= 4 is 17.5 Å². The minimum absolute atomic E-state index is 0.0704. The smallest absolute Gasteiger partial charge is 0.219 e. The zero-order valence-electron chi connectivity index (χ0n) is 10.2. The van der Waals surface area contributed by atoms with Crippen LogP contribution in [0, 0.1) is 0 Å². The van der Waals surface area contributed by atoms with Gasteiger partial charge in [0.15, 0.2) is 0 Å². The second-order valence-corrected chi connectivity index (χ2v) is 4.79. The molecule has 0 spiro atoms. The maximum absolute atomic E-state index is 11.1. The number of amides is 1. The Balaban J connectivity index is 2.91. The molecule has 16 heavy (non-hydrogen) atoms. The molecular formula is C13H18ClNO. The Morgan fingerprint density at radius 3 is 2.56 bits per heavy atom. The summed E-state index contributed by atoms with van der Waals surface area (Å²) in [5.41, 5.74) is 2.25. The first-order chi connectivity index (χ1) is 7.41. The van der Waals surface area contributed by atoms with Gasteiger partial charge in [0, 0.05) is 25.5 Å². The molecule has 88 valence electrons. The van der Waals surface area contributed by atoms with Gasteiger partial charge in [-0.3, -0.25) is 4.79 Å². The van der Waals surface area contributed by atoms with Crippen molar-refractivity contribution in [2.45, 2.75) is 33.2 Å². The minimum atomic E-state index is 0.0704. The van der Waals surface area contributed by atoms with Gasteiger partial charge in [0.1, 0.15) is 0 Å². The molecule has 0 aliphatic carbocycles. The van der Waals surface area contributed by atoms with Crippen LogP contribution < -0.4 is 0 Å². The van der Waals surface area contributed by atoms with E-state index in [1.807, 2.05) is 12.1 Å². The number of hydrogen-bond acceptors (Lipinski definition) is 1. The highest BCUT2D eigenvalue weighted by atomic mass is 35.5. The highest BCUT2D eigenvalue weighted by molar-refractivity contribution is 6.31. The molecule has 0 saturated carbocycles. The molecule has 0 fully saturated rings. The lowest BCUT2D eigenvalue weighted by atomic mass is 10.0. The summed E-state index contributed by atoms with van der Waals surface area (Å²) in [6.45, 7) is 6.42. The first-order valence-electron chi connectivity index (χ1n) is 5.42. The number of hydrogen-bond donors (Lipinski definition) is 0. The quantitative estimate of drug-likeness (QED) is 0.791. The Labute approximate surface area is 102 Å². The van der Waals surface area contributed by atoms with E-state index in [-0.39, 0.29) is 5.91 Å². The van der Waals surface area contributed by atoms with E-state index in [1.165, 1.54) is 0 Å². The lowest BCUT2D eigenvalue weighted by molar-refractivity contribution is -0.128. The van der Waals surface area contributed by atoms with Crippen molar-refractivity contribution in [2.75, 3.05) is 7.05 Å². The highest BCUT2D eigenvalue weighted by Crippen LogP contribution is 2.25. The maximum Gasteiger partial charge on any atom is 0.219 e. The summed E-state index contributed by atoms with van der Waals surface area (Å²) >= 11 is 6.11. The van der Waals surface area contributed by atoms with Gasteiger partial charge in [-0.25, -0.2) is 0 Å².